The maximum Gasteiger partial charge on any atom is 0.345 e. The first-order valence-corrected chi connectivity index (χ1v) is 7.05. The van der Waals surface area contributed by atoms with E-state index in [4.69, 9.17) is 5.11 Å². The largest absolute Gasteiger partial charge is 0.477 e. The van der Waals surface area contributed by atoms with Gasteiger partial charge in [-0.15, -0.1) is 11.3 Å². The molecule has 3 N–H and O–H groups in total. The van der Waals surface area contributed by atoms with Crippen molar-refractivity contribution in [1.29, 1.82) is 0 Å². The van der Waals surface area contributed by atoms with Crippen LogP contribution in [0.3, 0.4) is 0 Å². The highest BCUT2D eigenvalue weighted by molar-refractivity contribution is 7.93. The fourth-order valence-corrected chi connectivity index (χ4v) is 3.82. The number of thiophene rings is 1. The van der Waals surface area contributed by atoms with Crippen LogP contribution in [-0.4, -0.2) is 29.7 Å². The van der Waals surface area contributed by atoms with E-state index in [2.05, 4.69) is 14.9 Å². The minimum absolute atomic E-state index is 0.0138. The van der Waals surface area contributed by atoms with E-state index in [1.165, 1.54) is 12.4 Å². The van der Waals surface area contributed by atoms with Gasteiger partial charge in [-0.25, -0.2) is 13.2 Å². The number of aromatic nitrogens is 2. The van der Waals surface area contributed by atoms with E-state index in [1.807, 2.05) is 0 Å². The van der Waals surface area contributed by atoms with E-state index in [-0.39, 0.29) is 15.5 Å². The number of carbonyl (C=O) groups is 1. The molecule has 0 atom stereocenters. The molecule has 0 aliphatic rings. The van der Waals surface area contributed by atoms with Gasteiger partial charge in [0.25, 0.3) is 10.0 Å². The van der Waals surface area contributed by atoms with E-state index >= 15 is 0 Å². The number of hydrogen-bond donors (Lipinski definition) is 3. The molecule has 0 aliphatic carbocycles. The van der Waals surface area contributed by atoms with E-state index in [9.17, 15) is 13.2 Å². The van der Waals surface area contributed by atoms with Crippen LogP contribution in [-0.2, 0) is 10.0 Å². The number of aromatic carboxylic acids is 1. The van der Waals surface area contributed by atoms with Crippen LogP contribution in [0.2, 0.25) is 0 Å². The zero-order valence-electron chi connectivity index (χ0n) is 9.17. The van der Waals surface area contributed by atoms with E-state index < -0.39 is 16.0 Å². The van der Waals surface area contributed by atoms with Crippen LogP contribution in [0, 0.1) is 6.92 Å². The molecule has 7 nitrogen and oxygen atoms in total. The van der Waals surface area contributed by atoms with E-state index in [0.29, 0.717) is 4.88 Å². The molecule has 2 rings (SSSR count). The quantitative estimate of drug-likeness (QED) is 0.784. The lowest BCUT2D eigenvalue weighted by molar-refractivity contribution is 0.0702. The van der Waals surface area contributed by atoms with Crippen LogP contribution < -0.4 is 4.72 Å². The Balaban J connectivity index is 2.38. The summed E-state index contributed by atoms with van der Waals surface area (Å²) in [5.74, 6) is -1.15. The van der Waals surface area contributed by atoms with Crippen molar-refractivity contribution in [2.24, 2.45) is 0 Å². The number of carboxylic acids is 1. The summed E-state index contributed by atoms with van der Waals surface area (Å²) >= 11 is 0.920. The summed E-state index contributed by atoms with van der Waals surface area (Å²) in [6.07, 6.45) is 2.70. The fraction of sp³-hybridized carbons (Fsp3) is 0.111. The van der Waals surface area contributed by atoms with Crippen LogP contribution >= 0.6 is 11.3 Å². The Morgan fingerprint density at radius 3 is 2.78 bits per heavy atom. The molecule has 0 aromatic carbocycles. The van der Waals surface area contributed by atoms with Crippen molar-refractivity contribution in [2.75, 3.05) is 4.72 Å². The molecule has 2 aromatic rings. The van der Waals surface area contributed by atoms with Gasteiger partial charge in [0.1, 0.15) is 9.77 Å². The van der Waals surface area contributed by atoms with Crippen molar-refractivity contribution in [3.63, 3.8) is 0 Å². The van der Waals surface area contributed by atoms with Gasteiger partial charge in [-0.3, -0.25) is 9.82 Å². The second-order valence-corrected chi connectivity index (χ2v) is 6.34. The Kier molecular flexibility index (Phi) is 3.09. The molecular weight excluding hydrogens is 278 g/mol. The lowest BCUT2D eigenvalue weighted by Gasteiger charge is -2.04. The molecular formula is C9H9N3O4S2. The first-order valence-electron chi connectivity index (χ1n) is 4.75. The van der Waals surface area contributed by atoms with Gasteiger partial charge >= 0.3 is 5.97 Å². The molecule has 0 aliphatic heterocycles. The first-order chi connectivity index (χ1) is 8.40. The summed E-state index contributed by atoms with van der Waals surface area (Å²) in [4.78, 5) is 11.2. The lowest BCUT2D eigenvalue weighted by atomic mass is 10.4. The van der Waals surface area contributed by atoms with Gasteiger partial charge < -0.3 is 5.11 Å². The van der Waals surface area contributed by atoms with Crippen molar-refractivity contribution in [2.45, 2.75) is 11.8 Å². The maximum atomic E-state index is 12.0. The lowest BCUT2D eigenvalue weighted by Crippen LogP contribution is -2.12. The van der Waals surface area contributed by atoms with Crippen molar-refractivity contribution in [3.05, 3.63) is 28.2 Å². The molecule has 0 unspecified atom stereocenters. The third-order valence-electron chi connectivity index (χ3n) is 2.12. The minimum atomic E-state index is -3.79. The maximum absolute atomic E-state index is 12.0. The first kappa shape index (κ1) is 12.6. The molecule has 0 saturated carbocycles. The third kappa shape index (κ3) is 2.36. The van der Waals surface area contributed by atoms with Gasteiger partial charge in [0.05, 0.1) is 11.9 Å². The fourth-order valence-electron chi connectivity index (χ4n) is 1.35. The zero-order chi connectivity index (χ0) is 13.3. The number of nitrogens with one attached hydrogen (secondary N) is 2. The summed E-state index contributed by atoms with van der Waals surface area (Å²) in [7, 11) is -3.79. The normalized spacial score (nSPS) is 11.4. The molecule has 0 radical (unpaired) electrons. The summed E-state index contributed by atoms with van der Waals surface area (Å²) < 4.78 is 26.3. The van der Waals surface area contributed by atoms with Gasteiger partial charge in [0.2, 0.25) is 0 Å². The molecule has 0 fully saturated rings. The molecule has 96 valence electrons. The van der Waals surface area contributed by atoms with Gasteiger partial charge in [0, 0.05) is 11.1 Å². The van der Waals surface area contributed by atoms with Crippen LogP contribution in [0.15, 0.2) is 23.4 Å². The summed E-state index contributed by atoms with van der Waals surface area (Å²) in [5.41, 5.74) is 0.289. The van der Waals surface area contributed by atoms with E-state index in [0.717, 1.165) is 17.4 Å². The molecule has 0 amide bonds. The number of sulfonamides is 1. The van der Waals surface area contributed by atoms with Gasteiger partial charge in [0.15, 0.2) is 0 Å². The van der Waals surface area contributed by atoms with E-state index in [1.54, 1.807) is 6.92 Å². The van der Waals surface area contributed by atoms with Crippen LogP contribution in [0.1, 0.15) is 14.5 Å². The minimum Gasteiger partial charge on any atom is -0.477 e. The number of hydrogen-bond acceptors (Lipinski definition) is 5. The van der Waals surface area contributed by atoms with Crippen LogP contribution in [0.5, 0.6) is 0 Å². The Bertz CT molecular complexity index is 673. The standard InChI is InChI=1S/C9H9N3O4S2/c1-5-8(2-7(17-5)9(13)14)18(15,16)12-6-3-10-11-4-6/h2-4,12H,1H3,(H,10,11)(H,13,14). The van der Waals surface area contributed by atoms with Crippen molar-refractivity contribution < 1.29 is 18.3 Å². The van der Waals surface area contributed by atoms with Gasteiger partial charge in [-0.05, 0) is 13.0 Å². The monoisotopic (exact) mass is 287 g/mol. The number of carboxylic acid groups (broad SMARTS) is 1. The highest BCUT2D eigenvalue weighted by Crippen LogP contribution is 2.27. The van der Waals surface area contributed by atoms with Gasteiger partial charge in [-0.2, -0.15) is 5.10 Å². The molecule has 18 heavy (non-hydrogen) atoms. The predicted molar refractivity (Wildman–Crippen MR) is 65.4 cm³/mol. The Labute approximate surface area is 107 Å². The summed E-state index contributed by atoms with van der Waals surface area (Å²) in [6, 6.07) is 1.14. The Morgan fingerprint density at radius 1 is 1.56 bits per heavy atom. The number of anilines is 1. The highest BCUT2D eigenvalue weighted by atomic mass is 32.2. The average Bonchev–Trinajstić information content (AvgIpc) is 2.86. The number of H-pyrrole nitrogens is 1. The Hall–Kier alpha value is -1.87. The number of rotatable bonds is 4. The number of aromatic amines is 1. The third-order valence-corrected chi connectivity index (χ3v) is 4.80. The summed E-state index contributed by atoms with van der Waals surface area (Å²) in [6.45, 7) is 1.56. The van der Waals surface area contributed by atoms with Crippen molar-refractivity contribution in [1.82, 2.24) is 10.2 Å². The SMILES string of the molecule is Cc1sc(C(=O)O)cc1S(=O)(=O)Nc1cn[nH]c1. The van der Waals surface area contributed by atoms with Crippen molar-refractivity contribution in [3.8, 4) is 0 Å². The second-order valence-electron chi connectivity index (χ2n) is 3.43. The second kappa shape index (κ2) is 4.42. The molecule has 0 saturated heterocycles. The predicted octanol–water partition coefficient (Wildman–Crippen LogP) is 1.28. The highest BCUT2D eigenvalue weighted by Gasteiger charge is 2.22. The molecule has 0 bridgehead atoms. The number of aryl methyl sites for hydroxylation is 1. The average molecular weight is 287 g/mol. The zero-order valence-corrected chi connectivity index (χ0v) is 10.8. The summed E-state index contributed by atoms with van der Waals surface area (Å²) in [5, 5.41) is 14.9. The van der Waals surface area contributed by atoms with Crippen LogP contribution in [0.25, 0.3) is 0 Å². The van der Waals surface area contributed by atoms with Gasteiger partial charge in [-0.1, -0.05) is 0 Å². The smallest absolute Gasteiger partial charge is 0.345 e. The molecule has 2 aromatic heterocycles. The Morgan fingerprint density at radius 2 is 2.28 bits per heavy atom. The molecule has 9 heteroatoms. The van der Waals surface area contributed by atoms with Crippen molar-refractivity contribution >= 4 is 33.0 Å². The molecule has 0 spiro atoms. The molecule has 2 heterocycles. The number of nitrogens with zero attached hydrogens (tertiary/aromatic N) is 1. The topological polar surface area (TPSA) is 112 Å². The van der Waals surface area contributed by atoms with Crippen LogP contribution in [0.4, 0.5) is 5.69 Å².